The van der Waals surface area contributed by atoms with Gasteiger partial charge in [-0.15, -0.1) is 10.2 Å². The Kier molecular flexibility index (Phi) is 7.62. The molecule has 33 heavy (non-hydrogen) atoms. The normalized spacial score (nSPS) is 12.4. The Hall–Kier alpha value is -3.50. The highest BCUT2D eigenvalue weighted by molar-refractivity contribution is 5.85. The largest absolute Gasteiger partial charge is 0.374 e. The first kappa shape index (κ1) is 24.1. The molecule has 0 spiro atoms. The Balaban J connectivity index is 1.88. The number of pyridine rings is 1. The van der Waals surface area contributed by atoms with Crippen molar-refractivity contribution in [2.45, 2.75) is 38.6 Å². The van der Waals surface area contributed by atoms with Gasteiger partial charge in [0.25, 0.3) is 0 Å². The lowest BCUT2D eigenvalue weighted by atomic mass is 10.1. The lowest BCUT2D eigenvalue weighted by Crippen LogP contribution is -2.51. The van der Waals surface area contributed by atoms with Crippen LogP contribution in [0.1, 0.15) is 37.0 Å². The van der Waals surface area contributed by atoms with Gasteiger partial charge in [0.05, 0.1) is 25.3 Å². The number of carbonyl (C=O) groups excluding carboxylic acids is 2. The molecular weight excluding hydrogens is 422 g/mol. The maximum absolute atomic E-state index is 12.7. The maximum Gasteiger partial charge on any atom is 0.317 e. The third-order valence-electron chi connectivity index (χ3n) is 4.96. The van der Waals surface area contributed by atoms with Gasteiger partial charge in [0.1, 0.15) is 6.04 Å². The van der Waals surface area contributed by atoms with Gasteiger partial charge in [-0.25, -0.2) is 4.79 Å². The number of benzene rings is 1. The summed E-state index contributed by atoms with van der Waals surface area (Å²) >= 11 is 0. The number of hydrogen-bond acceptors (Lipinski definition) is 6. The topological polar surface area (TPSA) is 127 Å². The molecule has 0 saturated carbocycles. The minimum absolute atomic E-state index is 0.163. The molecule has 1 aromatic carbocycles. The number of aromatic nitrogens is 3. The number of fused-ring (bicyclic) bond motifs is 1. The molecule has 10 heteroatoms. The van der Waals surface area contributed by atoms with Crippen LogP contribution in [-0.4, -0.2) is 57.7 Å². The average molecular weight is 454 g/mol. The van der Waals surface area contributed by atoms with E-state index in [1.54, 1.807) is 27.9 Å². The fraction of sp³-hybridized carbons (Fsp3) is 0.391. The van der Waals surface area contributed by atoms with Crippen molar-refractivity contribution < 1.29 is 14.3 Å². The zero-order valence-corrected chi connectivity index (χ0v) is 19.4. The fourth-order valence-corrected chi connectivity index (χ4v) is 3.11. The molecule has 0 aliphatic heterocycles. The molecule has 0 unspecified atom stereocenters. The molecule has 176 valence electrons. The highest BCUT2D eigenvalue weighted by atomic mass is 16.5. The van der Waals surface area contributed by atoms with E-state index in [4.69, 9.17) is 10.5 Å². The van der Waals surface area contributed by atoms with Crippen molar-refractivity contribution >= 4 is 17.6 Å². The Morgan fingerprint density at radius 1 is 1.12 bits per heavy atom. The van der Waals surface area contributed by atoms with E-state index in [0.717, 1.165) is 11.3 Å². The molecule has 3 rings (SSSR count). The minimum Gasteiger partial charge on any atom is -0.374 e. The van der Waals surface area contributed by atoms with Crippen LogP contribution in [0.25, 0.3) is 5.65 Å². The molecular formula is C23H31N7O3. The van der Waals surface area contributed by atoms with Crippen LogP contribution in [0.3, 0.4) is 0 Å². The summed E-state index contributed by atoms with van der Waals surface area (Å²) in [6, 6.07) is 14.4. The van der Waals surface area contributed by atoms with E-state index in [9.17, 15) is 9.59 Å². The standard InChI is InChI=1S/C23H31N7O3/c1-23(2,24)21(31)26-18(15-33-14-16-9-6-5-7-10-16)20-28-27-19-12-8-11-17(30(19)20)13-25-22(32)29(3)4/h5-12,18H,13-15,24H2,1-4H3,(H,25,32)(H,26,31)/t18-/m1/s1. The monoisotopic (exact) mass is 453 g/mol. The van der Waals surface area contributed by atoms with E-state index in [2.05, 4.69) is 20.8 Å². The zero-order chi connectivity index (χ0) is 24.0. The third-order valence-corrected chi connectivity index (χ3v) is 4.96. The van der Waals surface area contributed by atoms with Gasteiger partial charge >= 0.3 is 6.03 Å². The number of hydrogen-bond donors (Lipinski definition) is 3. The molecule has 1 atom stereocenters. The Morgan fingerprint density at radius 2 is 1.85 bits per heavy atom. The third kappa shape index (κ3) is 6.27. The van der Waals surface area contributed by atoms with Crippen molar-refractivity contribution in [1.29, 1.82) is 0 Å². The first-order chi connectivity index (χ1) is 15.7. The average Bonchev–Trinajstić information content (AvgIpc) is 3.21. The number of ether oxygens (including phenoxy) is 1. The van der Waals surface area contributed by atoms with E-state index >= 15 is 0 Å². The second-order valence-corrected chi connectivity index (χ2v) is 8.57. The van der Waals surface area contributed by atoms with Gasteiger partial charge in [-0.3, -0.25) is 9.20 Å². The van der Waals surface area contributed by atoms with E-state index in [1.807, 2.05) is 52.9 Å². The number of rotatable bonds is 9. The zero-order valence-electron chi connectivity index (χ0n) is 19.4. The summed E-state index contributed by atoms with van der Waals surface area (Å²) in [4.78, 5) is 26.2. The summed E-state index contributed by atoms with van der Waals surface area (Å²) in [5.74, 6) is 0.149. The molecule has 0 aliphatic carbocycles. The minimum atomic E-state index is -1.08. The summed E-state index contributed by atoms with van der Waals surface area (Å²) in [6.45, 7) is 4.06. The van der Waals surface area contributed by atoms with Crippen LogP contribution in [0.4, 0.5) is 4.79 Å². The fourth-order valence-electron chi connectivity index (χ4n) is 3.11. The molecule has 2 heterocycles. The van der Waals surface area contributed by atoms with Crippen LogP contribution in [0.5, 0.6) is 0 Å². The molecule has 2 aromatic heterocycles. The Morgan fingerprint density at radius 3 is 2.52 bits per heavy atom. The van der Waals surface area contributed by atoms with Crippen molar-refractivity contribution in [3.63, 3.8) is 0 Å². The highest BCUT2D eigenvalue weighted by Gasteiger charge is 2.28. The predicted molar refractivity (Wildman–Crippen MR) is 124 cm³/mol. The molecule has 3 amide bonds. The van der Waals surface area contributed by atoms with Crippen LogP contribution in [0.2, 0.25) is 0 Å². The van der Waals surface area contributed by atoms with Gasteiger partial charge in [0, 0.05) is 19.8 Å². The quantitative estimate of drug-likeness (QED) is 0.452. The van der Waals surface area contributed by atoms with Crippen molar-refractivity contribution in [3.05, 3.63) is 65.6 Å². The predicted octanol–water partition coefficient (Wildman–Crippen LogP) is 1.61. The first-order valence-electron chi connectivity index (χ1n) is 10.7. The number of nitrogens with one attached hydrogen (secondary N) is 2. The molecule has 0 saturated heterocycles. The van der Waals surface area contributed by atoms with E-state index in [-0.39, 0.29) is 25.1 Å². The molecule has 10 nitrogen and oxygen atoms in total. The lowest BCUT2D eigenvalue weighted by molar-refractivity contribution is -0.126. The van der Waals surface area contributed by atoms with Crippen molar-refractivity contribution in [2.24, 2.45) is 5.73 Å². The van der Waals surface area contributed by atoms with Gasteiger partial charge in [-0.05, 0) is 31.5 Å². The summed E-state index contributed by atoms with van der Waals surface area (Å²) in [7, 11) is 3.34. The summed E-state index contributed by atoms with van der Waals surface area (Å²) < 4.78 is 7.74. The molecule has 3 aromatic rings. The Bertz CT molecular complexity index is 1090. The van der Waals surface area contributed by atoms with Gasteiger partial charge < -0.3 is 26.0 Å². The smallest absolute Gasteiger partial charge is 0.317 e. The van der Waals surface area contributed by atoms with Crippen LogP contribution in [0.15, 0.2) is 48.5 Å². The molecule has 0 bridgehead atoms. The second-order valence-electron chi connectivity index (χ2n) is 8.57. The summed E-state index contributed by atoms with van der Waals surface area (Å²) in [5.41, 5.74) is 7.29. The van der Waals surface area contributed by atoms with Crippen LogP contribution in [-0.2, 0) is 22.7 Å². The Labute approximate surface area is 193 Å². The second kappa shape index (κ2) is 10.4. The number of urea groups is 1. The summed E-state index contributed by atoms with van der Waals surface area (Å²) in [6.07, 6.45) is 0. The highest BCUT2D eigenvalue weighted by Crippen LogP contribution is 2.18. The molecule has 0 radical (unpaired) electrons. The maximum atomic E-state index is 12.7. The number of nitrogens with two attached hydrogens (primary N) is 1. The van der Waals surface area contributed by atoms with Gasteiger partial charge in [0.15, 0.2) is 11.5 Å². The van der Waals surface area contributed by atoms with Crippen LogP contribution in [0, 0.1) is 0 Å². The van der Waals surface area contributed by atoms with Gasteiger partial charge in [-0.1, -0.05) is 36.4 Å². The van der Waals surface area contributed by atoms with Crippen molar-refractivity contribution in [3.8, 4) is 0 Å². The first-order valence-corrected chi connectivity index (χ1v) is 10.7. The van der Waals surface area contributed by atoms with E-state index in [0.29, 0.717) is 18.1 Å². The number of amides is 3. The van der Waals surface area contributed by atoms with Crippen molar-refractivity contribution in [1.82, 2.24) is 30.1 Å². The van der Waals surface area contributed by atoms with Crippen LogP contribution >= 0.6 is 0 Å². The van der Waals surface area contributed by atoms with Gasteiger partial charge in [-0.2, -0.15) is 0 Å². The number of carbonyl (C=O) groups is 2. The molecule has 0 fully saturated rings. The van der Waals surface area contributed by atoms with E-state index in [1.165, 1.54) is 4.90 Å². The van der Waals surface area contributed by atoms with E-state index < -0.39 is 11.6 Å². The van der Waals surface area contributed by atoms with Crippen LogP contribution < -0.4 is 16.4 Å². The lowest BCUT2D eigenvalue weighted by Gasteiger charge is -2.24. The van der Waals surface area contributed by atoms with Crippen molar-refractivity contribution in [2.75, 3.05) is 20.7 Å². The molecule has 4 N–H and O–H groups in total. The van der Waals surface area contributed by atoms with Gasteiger partial charge in [0.2, 0.25) is 5.91 Å². The summed E-state index contributed by atoms with van der Waals surface area (Å²) in [5, 5.41) is 14.4. The molecule has 0 aliphatic rings. The SMILES string of the molecule is CN(C)C(=O)NCc1cccc2nnc([C@@H](COCc3ccccc3)NC(=O)C(C)(C)N)n12. The number of nitrogens with zero attached hydrogens (tertiary/aromatic N) is 4.